The summed E-state index contributed by atoms with van der Waals surface area (Å²) in [5.74, 6) is 3.41. The maximum atomic E-state index is 8.41. The van der Waals surface area contributed by atoms with Gasteiger partial charge in [-0.05, 0) is 12.3 Å². The van der Waals surface area contributed by atoms with E-state index >= 15 is 0 Å². The molecular formula is C6H8O. The molecule has 1 aliphatic rings. The Kier molecular flexibility index (Phi) is 1.04. The Bertz CT molecular complexity index is 101. The summed E-state index contributed by atoms with van der Waals surface area (Å²) in [6.07, 6.45) is 6.07. The molecule has 1 aliphatic carbocycles. The van der Waals surface area contributed by atoms with E-state index in [1.54, 1.807) is 0 Å². The predicted octanol–water partition coefficient (Wildman–Crippen LogP) is 0.248. The molecule has 0 saturated heterocycles. The van der Waals surface area contributed by atoms with Crippen molar-refractivity contribution in [2.75, 3.05) is 6.61 Å². The second-order valence-corrected chi connectivity index (χ2v) is 1.95. The van der Waals surface area contributed by atoms with Gasteiger partial charge in [0, 0.05) is 12.5 Å². The Labute approximate surface area is 43.4 Å². The van der Waals surface area contributed by atoms with Gasteiger partial charge in [0.25, 0.3) is 0 Å². The first-order chi connectivity index (χ1) is 3.38. The van der Waals surface area contributed by atoms with E-state index in [4.69, 9.17) is 11.5 Å². The van der Waals surface area contributed by atoms with Gasteiger partial charge in [-0.15, -0.1) is 12.3 Å². The topological polar surface area (TPSA) is 20.2 Å². The van der Waals surface area contributed by atoms with Gasteiger partial charge in [0.15, 0.2) is 0 Å². The third-order valence-corrected chi connectivity index (χ3v) is 1.37. The van der Waals surface area contributed by atoms with Crippen molar-refractivity contribution in [3.05, 3.63) is 0 Å². The van der Waals surface area contributed by atoms with Crippen LogP contribution in [-0.2, 0) is 0 Å². The van der Waals surface area contributed by atoms with Crippen LogP contribution in [0.4, 0.5) is 0 Å². The summed E-state index contributed by atoms with van der Waals surface area (Å²) >= 11 is 0. The molecule has 1 saturated carbocycles. The predicted molar refractivity (Wildman–Crippen MR) is 27.5 cm³/mol. The van der Waals surface area contributed by atoms with Crippen LogP contribution in [0.25, 0.3) is 0 Å². The Morgan fingerprint density at radius 2 is 2.57 bits per heavy atom. The molecular weight excluding hydrogens is 88.1 g/mol. The minimum absolute atomic E-state index is 0.273. The minimum atomic E-state index is 0.273. The fourth-order valence-corrected chi connectivity index (χ4v) is 0.653. The molecule has 1 N–H and O–H groups in total. The average molecular weight is 96.1 g/mol. The standard InChI is InChI=1S/C6H8O/c1-2-5-3-6(5)4-7/h1,5-7H,3-4H2/t5-,6+/m1/s1. The van der Waals surface area contributed by atoms with Gasteiger partial charge in [0.05, 0.1) is 0 Å². The van der Waals surface area contributed by atoms with Crippen LogP contribution in [0, 0.1) is 24.2 Å². The van der Waals surface area contributed by atoms with Crippen LogP contribution in [0.2, 0.25) is 0 Å². The first-order valence-corrected chi connectivity index (χ1v) is 2.45. The number of aliphatic hydroxyl groups is 1. The van der Waals surface area contributed by atoms with E-state index in [9.17, 15) is 0 Å². The van der Waals surface area contributed by atoms with Gasteiger partial charge in [-0.25, -0.2) is 0 Å². The van der Waals surface area contributed by atoms with Crippen molar-refractivity contribution in [1.29, 1.82) is 0 Å². The summed E-state index contributed by atoms with van der Waals surface area (Å²) < 4.78 is 0. The van der Waals surface area contributed by atoms with E-state index in [2.05, 4.69) is 5.92 Å². The van der Waals surface area contributed by atoms with Gasteiger partial charge in [-0.1, -0.05) is 0 Å². The monoisotopic (exact) mass is 96.1 g/mol. The van der Waals surface area contributed by atoms with Crippen LogP contribution in [0.3, 0.4) is 0 Å². The summed E-state index contributed by atoms with van der Waals surface area (Å²) in [5, 5.41) is 8.41. The summed E-state index contributed by atoms with van der Waals surface area (Å²) in [7, 11) is 0. The molecule has 1 heteroatoms. The molecule has 0 aromatic heterocycles. The zero-order valence-corrected chi connectivity index (χ0v) is 4.09. The molecule has 0 heterocycles. The molecule has 0 aliphatic heterocycles. The first kappa shape index (κ1) is 4.67. The molecule has 2 atom stereocenters. The van der Waals surface area contributed by atoms with E-state index in [1.807, 2.05) is 0 Å². The summed E-state index contributed by atoms with van der Waals surface area (Å²) in [6.45, 7) is 0.273. The van der Waals surface area contributed by atoms with E-state index < -0.39 is 0 Å². The van der Waals surface area contributed by atoms with Crippen molar-refractivity contribution >= 4 is 0 Å². The van der Waals surface area contributed by atoms with Crippen molar-refractivity contribution in [2.45, 2.75) is 6.42 Å². The molecule has 0 radical (unpaired) electrons. The Morgan fingerprint density at radius 1 is 1.86 bits per heavy atom. The van der Waals surface area contributed by atoms with Crippen LogP contribution in [0.1, 0.15) is 6.42 Å². The Balaban J connectivity index is 2.21. The fraction of sp³-hybridized carbons (Fsp3) is 0.667. The number of hydrogen-bond acceptors (Lipinski definition) is 1. The van der Waals surface area contributed by atoms with E-state index in [-0.39, 0.29) is 6.61 Å². The second kappa shape index (κ2) is 1.55. The van der Waals surface area contributed by atoms with Crippen LogP contribution >= 0.6 is 0 Å². The van der Waals surface area contributed by atoms with Gasteiger partial charge in [0.2, 0.25) is 0 Å². The smallest absolute Gasteiger partial charge is 0.0471 e. The van der Waals surface area contributed by atoms with Gasteiger partial charge >= 0.3 is 0 Å². The lowest BCUT2D eigenvalue weighted by Gasteiger charge is -1.79. The maximum Gasteiger partial charge on any atom is 0.0471 e. The molecule has 0 aromatic carbocycles. The quantitative estimate of drug-likeness (QED) is 0.464. The molecule has 0 unspecified atom stereocenters. The molecule has 0 spiro atoms. The molecule has 0 amide bonds. The third kappa shape index (κ3) is 0.755. The summed E-state index contributed by atoms with van der Waals surface area (Å²) in [5.41, 5.74) is 0. The number of aliphatic hydroxyl groups excluding tert-OH is 1. The van der Waals surface area contributed by atoms with Crippen LogP contribution < -0.4 is 0 Å². The normalized spacial score (nSPS) is 37.1. The largest absolute Gasteiger partial charge is 0.396 e. The zero-order valence-electron chi connectivity index (χ0n) is 4.09. The zero-order chi connectivity index (χ0) is 5.28. The van der Waals surface area contributed by atoms with Gasteiger partial charge < -0.3 is 5.11 Å². The van der Waals surface area contributed by atoms with Crippen molar-refractivity contribution in [3.63, 3.8) is 0 Å². The van der Waals surface area contributed by atoms with Gasteiger partial charge in [-0.2, -0.15) is 0 Å². The molecule has 38 valence electrons. The molecule has 0 aromatic rings. The highest BCUT2D eigenvalue weighted by molar-refractivity contribution is 5.06. The molecule has 1 nitrogen and oxygen atoms in total. The molecule has 1 fully saturated rings. The van der Waals surface area contributed by atoms with Crippen LogP contribution in [0.15, 0.2) is 0 Å². The fourth-order valence-electron chi connectivity index (χ4n) is 0.653. The number of rotatable bonds is 1. The maximum absolute atomic E-state index is 8.41. The highest BCUT2D eigenvalue weighted by atomic mass is 16.3. The Morgan fingerprint density at radius 3 is 2.71 bits per heavy atom. The van der Waals surface area contributed by atoms with Gasteiger partial charge in [0.1, 0.15) is 0 Å². The Hall–Kier alpha value is -0.480. The SMILES string of the molecule is C#C[C@@H]1C[C@H]1CO. The average Bonchev–Trinajstić information content (AvgIpc) is 2.43. The molecule has 0 bridgehead atoms. The highest BCUT2D eigenvalue weighted by Gasteiger charge is 2.34. The lowest BCUT2D eigenvalue weighted by atomic mass is 10.3. The van der Waals surface area contributed by atoms with Crippen LogP contribution in [0.5, 0.6) is 0 Å². The lowest BCUT2D eigenvalue weighted by Crippen LogP contribution is -1.84. The lowest BCUT2D eigenvalue weighted by molar-refractivity contribution is 0.273. The van der Waals surface area contributed by atoms with E-state index in [1.165, 1.54) is 0 Å². The number of hydrogen-bond donors (Lipinski definition) is 1. The van der Waals surface area contributed by atoms with Gasteiger partial charge in [-0.3, -0.25) is 0 Å². The van der Waals surface area contributed by atoms with Crippen LogP contribution in [-0.4, -0.2) is 11.7 Å². The summed E-state index contributed by atoms with van der Waals surface area (Å²) in [6, 6.07) is 0. The molecule has 7 heavy (non-hydrogen) atoms. The van der Waals surface area contributed by atoms with Crippen molar-refractivity contribution in [3.8, 4) is 12.3 Å². The third-order valence-electron chi connectivity index (χ3n) is 1.37. The van der Waals surface area contributed by atoms with Crippen molar-refractivity contribution in [2.24, 2.45) is 11.8 Å². The molecule has 1 rings (SSSR count). The van der Waals surface area contributed by atoms with Crippen molar-refractivity contribution < 1.29 is 5.11 Å². The van der Waals surface area contributed by atoms with Crippen molar-refractivity contribution in [1.82, 2.24) is 0 Å². The summed E-state index contributed by atoms with van der Waals surface area (Å²) in [4.78, 5) is 0. The first-order valence-electron chi connectivity index (χ1n) is 2.45. The van der Waals surface area contributed by atoms with E-state index in [0.29, 0.717) is 11.8 Å². The highest BCUT2D eigenvalue weighted by Crippen LogP contribution is 2.36. The minimum Gasteiger partial charge on any atom is -0.396 e. The second-order valence-electron chi connectivity index (χ2n) is 1.95. The number of terminal acetylenes is 1. The van der Waals surface area contributed by atoms with E-state index in [0.717, 1.165) is 6.42 Å².